The molecule has 1 aliphatic carbocycles. The summed E-state index contributed by atoms with van der Waals surface area (Å²) in [6.45, 7) is 11.0. The highest BCUT2D eigenvalue weighted by Crippen LogP contribution is 2.34. The zero-order valence-corrected chi connectivity index (χ0v) is 20.5. The summed E-state index contributed by atoms with van der Waals surface area (Å²) in [5, 5.41) is 5.31. The molecule has 4 N–H and O–H groups in total. The molecule has 3 unspecified atom stereocenters. The molecule has 1 aliphatic heterocycles. The molecular weight excluding hydrogens is 428 g/mol. The normalized spacial score (nSPS) is 20.5. The molecule has 2 aliphatic rings. The van der Waals surface area contributed by atoms with Crippen molar-refractivity contribution >= 4 is 29.6 Å². The fraction of sp³-hybridized carbons (Fsp3) is 0.783. The van der Waals surface area contributed by atoms with Crippen molar-refractivity contribution in [1.82, 2.24) is 15.5 Å². The average Bonchev–Trinajstić information content (AvgIpc) is 3.33. The van der Waals surface area contributed by atoms with Crippen LogP contribution in [0.15, 0.2) is 0 Å². The molecule has 10 nitrogen and oxygen atoms in total. The Morgan fingerprint density at radius 1 is 1.00 bits per heavy atom. The summed E-state index contributed by atoms with van der Waals surface area (Å²) in [5.74, 6) is -2.53. The van der Waals surface area contributed by atoms with Gasteiger partial charge in [0.15, 0.2) is 0 Å². The molecule has 1 saturated carbocycles. The summed E-state index contributed by atoms with van der Waals surface area (Å²) in [6.07, 6.45) is 2.55. The molecule has 0 aromatic carbocycles. The molecule has 33 heavy (non-hydrogen) atoms. The lowest BCUT2D eigenvalue weighted by Gasteiger charge is -2.36. The fourth-order valence-corrected chi connectivity index (χ4v) is 3.90. The number of Topliss-reactive ketones (excluding diaryl/α,β-unsaturated/α-hetero) is 1. The van der Waals surface area contributed by atoms with Crippen LogP contribution in [0.2, 0.25) is 0 Å². The minimum Gasteiger partial charge on any atom is -0.444 e. The lowest BCUT2D eigenvalue weighted by atomic mass is 9.85. The minimum atomic E-state index is -1.09. The number of rotatable bonds is 8. The number of nitrogens with zero attached hydrogens (tertiary/aromatic N) is 1. The van der Waals surface area contributed by atoms with E-state index in [1.54, 1.807) is 20.8 Å². The van der Waals surface area contributed by atoms with Gasteiger partial charge in [-0.3, -0.25) is 19.2 Å². The number of hydrogen-bond acceptors (Lipinski definition) is 6. The molecule has 0 aromatic heterocycles. The highest BCUT2D eigenvalue weighted by atomic mass is 16.6. The molecule has 186 valence electrons. The molecule has 4 amide bonds. The largest absolute Gasteiger partial charge is 0.444 e. The summed E-state index contributed by atoms with van der Waals surface area (Å²) >= 11 is 0. The van der Waals surface area contributed by atoms with Crippen molar-refractivity contribution in [2.75, 3.05) is 6.54 Å². The maximum Gasteiger partial charge on any atom is 0.408 e. The van der Waals surface area contributed by atoms with E-state index in [9.17, 15) is 24.0 Å². The Morgan fingerprint density at radius 3 is 2.09 bits per heavy atom. The summed E-state index contributed by atoms with van der Waals surface area (Å²) in [6, 6.07) is -2.71. The first kappa shape index (κ1) is 26.6. The van der Waals surface area contributed by atoms with Gasteiger partial charge in [0.25, 0.3) is 5.91 Å². The van der Waals surface area contributed by atoms with Crippen LogP contribution in [0.1, 0.15) is 73.6 Å². The predicted molar refractivity (Wildman–Crippen MR) is 121 cm³/mol. The fourth-order valence-electron chi connectivity index (χ4n) is 3.90. The molecule has 0 aromatic rings. The van der Waals surface area contributed by atoms with E-state index in [2.05, 4.69) is 10.6 Å². The maximum atomic E-state index is 13.5. The number of primary amides is 1. The van der Waals surface area contributed by atoms with E-state index in [1.807, 2.05) is 20.8 Å². The predicted octanol–water partition coefficient (Wildman–Crippen LogP) is 1.26. The molecule has 1 saturated heterocycles. The second-order valence-corrected chi connectivity index (χ2v) is 11.1. The number of alkyl carbamates (subject to hydrolysis) is 1. The van der Waals surface area contributed by atoms with Gasteiger partial charge in [-0.25, -0.2) is 4.79 Å². The first-order chi connectivity index (χ1) is 15.1. The number of amides is 4. The quantitative estimate of drug-likeness (QED) is 0.459. The lowest BCUT2D eigenvalue weighted by molar-refractivity contribution is -0.143. The van der Waals surface area contributed by atoms with Crippen molar-refractivity contribution < 1.29 is 28.7 Å². The second-order valence-electron chi connectivity index (χ2n) is 11.1. The Balaban J connectivity index is 2.15. The van der Waals surface area contributed by atoms with Crippen LogP contribution in [0, 0.1) is 11.3 Å². The Hall–Kier alpha value is -2.65. The number of nitrogens with two attached hydrogens (primary N) is 1. The van der Waals surface area contributed by atoms with Gasteiger partial charge in [0.1, 0.15) is 17.7 Å². The topological polar surface area (TPSA) is 148 Å². The zero-order valence-electron chi connectivity index (χ0n) is 20.5. The van der Waals surface area contributed by atoms with Gasteiger partial charge in [0.2, 0.25) is 17.6 Å². The van der Waals surface area contributed by atoms with E-state index >= 15 is 0 Å². The first-order valence-electron chi connectivity index (χ1n) is 11.5. The Labute approximate surface area is 195 Å². The first-order valence-corrected chi connectivity index (χ1v) is 11.5. The monoisotopic (exact) mass is 466 g/mol. The van der Waals surface area contributed by atoms with Gasteiger partial charge >= 0.3 is 6.09 Å². The second kappa shape index (κ2) is 10.1. The smallest absolute Gasteiger partial charge is 0.408 e. The summed E-state index contributed by atoms with van der Waals surface area (Å²) in [7, 11) is 0. The third kappa shape index (κ3) is 7.71. The van der Waals surface area contributed by atoms with Gasteiger partial charge in [-0.2, -0.15) is 0 Å². The number of carbonyl (C=O) groups excluding carboxylic acids is 5. The number of likely N-dealkylation sites (tertiary alicyclic amines) is 1. The average molecular weight is 467 g/mol. The van der Waals surface area contributed by atoms with E-state index in [1.165, 1.54) is 4.90 Å². The van der Waals surface area contributed by atoms with Crippen molar-refractivity contribution in [3.63, 3.8) is 0 Å². The summed E-state index contributed by atoms with van der Waals surface area (Å²) in [5.41, 5.74) is 3.79. The van der Waals surface area contributed by atoms with Gasteiger partial charge in [-0.05, 0) is 51.4 Å². The number of ketones is 1. The molecule has 2 fully saturated rings. The van der Waals surface area contributed by atoms with Crippen molar-refractivity contribution in [1.29, 1.82) is 0 Å². The molecule has 3 atom stereocenters. The SMILES string of the molecule is CC(C)(C)OC(=O)NC(C(=O)N1CCCC1C(=O)NC(CC1CC1)C(=O)C(N)=O)C(C)(C)C. The van der Waals surface area contributed by atoms with Crippen LogP contribution in [0.3, 0.4) is 0 Å². The minimum absolute atomic E-state index is 0.281. The third-order valence-electron chi connectivity index (χ3n) is 5.75. The van der Waals surface area contributed by atoms with Crippen LogP contribution in [-0.2, 0) is 23.9 Å². The Bertz CT molecular complexity index is 794. The zero-order chi connectivity index (χ0) is 25.1. The van der Waals surface area contributed by atoms with Crippen LogP contribution >= 0.6 is 0 Å². The molecule has 0 spiro atoms. The van der Waals surface area contributed by atoms with Crippen LogP contribution < -0.4 is 16.4 Å². The van der Waals surface area contributed by atoms with Gasteiger partial charge in [0.05, 0.1) is 6.04 Å². The van der Waals surface area contributed by atoms with E-state index in [0.717, 1.165) is 12.8 Å². The Kier molecular flexibility index (Phi) is 8.13. The lowest BCUT2D eigenvalue weighted by Crippen LogP contribution is -2.59. The highest BCUT2D eigenvalue weighted by molar-refractivity contribution is 6.37. The molecule has 2 rings (SSSR count). The highest BCUT2D eigenvalue weighted by Gasteiger charge is 2.43. The third-order valence-corrected chi connectivity index (χ3v) is 5.75. The van der Waals surface area contributed by atoms with E-state index < -0.39 is 58.7 Å². The van der Waals surface area contributed by atoms with Crippen LogP contribution in [0.4, 0.5) is 4.79 Å². The van der Waals surface area contributed by atoms with E-state index in [4.69, 9.17) is 10.5 Å². The van der Waals surface area contributed by atoms with Crippen molar-refractivity contribution in [2.45, 2.75) is 97.4 Å². The molecule has 0 bridgehead atoms. The van der Waals surface area contributed by atoms with Crippen LogP contribution in [-0.4, -0.2) is 64.8 Å². The van der Waals surface area contributed by atoms with Gasteiger partial charge in [0, 0.05) is 6.54 Å². The number of nitrogens with one attached hydrogen (secondary N) is 2. The summed E-state index contributed by atoms with van der Waals surface area (Å²) < 4.78 is 5.31. The maximum absolute atomic E-state index is 13.5. The van der Waals surface area contributed by atoms with Crippen LogP contribution in [0.25, 0.3) is 0 Å². The van der Waals surface area contributed by atoms with Gasteiger partial charge in [-0.15, -0.1) is 0 Å². The number of carbonyl (C=O) groups is 5. The number of ether oxygens (including phenoxy) is 1. The summed E-state index contributed by atoms with van der Waals surface area (Å²) in [4.78, 5) is 64.0. The molecular formula is C23H38N4O6. The molecule has 0 radical (unpaired) electrons. The van der Waals surface area contributed by atoms with Crippen molar-refractivity contribution in [2.24, 2.45) is 17.1 Å². The van der Waals surface area contributed by atoms with E-state index in [0.29, 0.717) is 25.8 Å². The van der Waals surface area contributed by atoms with E-state index in [-0.39, 0.29) is 5.92 Å². The Morgan fingerprint density at radius 2 is 1.61 bits per heavy atom. The standard InChI is InChI=1S/C23H38N4O6/c1-22(2,3)17(26-21(32)33-23(4,5)6)20(31)27-11-7-8-15(27)19(30)25-14(12-13-9-10-13)16(28)18(24)29/h13-15,17H,7-12H2,1-6H3,(H2,24,29)(H,25,30)(H,26,32). The number of hydrogen-bond donors (Lipinski definition) is 3. The van der Waals surface area contributed by atoms with Crippen molar-refractivity contribution in [3.8, 4) is 0 Å². The van der Waals surface area contributed by atoms with Crippen molar-refractivity contribution in [3.05, 3.63) is 0 Å². The van der Waals surface area contributed by atoms with Crippen LogP contribution in [0.5, 0.6) is 0 Å². The molecule has 1 heterocycles. The molecule has 10 heteroatoms. The van der Waals surface area contributed by atoms with Gasteiger partial charge in [-0.1, -0.05) is 33.6 Å². The van der Waals surface area contributed by atoms with Gasteiger partial charge < -0.3 is 26.0 Å².